The lowest BCUT2D eigenvalue weighted by molar-refractivity contribution is 0.479. The van der Waals surface area contributed by atoms with Crippen molar-refractivity contribution < 1.29 is 4.42 Å². The third-order valence-electron chi connectivity index (χ3n) is 3.08. The van der Waals surface area contributed by atoms with E-state index in [1.54, 1.807) is 0 Å². The molecule has 1 aromatic carbocycles. The highest BCUT2D eigenvalue weighted by atomic mass is 16.4. The highest BCUT2D eigenvalue weighted by Gasteiger charge is 2.09. The van der Waals surface area contributed by atoms with Crippen molar-refractivity contribution in [1.82, 2.24) is 15.5 Å². The first-order valence-electron chi connectivity index (χ1n) is 6.98. The van der Waals surface area contributed by atoms with E-state index in [0.717, 1.165) is 18.7 Å². The Kier molecular flexibility index (Phi) is 4.74. The first-order chi connectivity index (χ1) is 9.60. The molecule has 2 aromatic rings. The van der Waals surface area contributed by atoms with Crippen LogP contribution >= 0.6 is 0 Å². The molecule has 0 bridgehead atoms. The number of hydrogen-bond donors (Lipinski definition) is 2. The van der Waals surface area contributed by atoms with Crippen LogP contribution in [-0.4, -0.2) is 16.7 Å². The van der Waals surface area contributed by atoms with E-state index >= 15 is 0 Å². The average molecular weight is 274 g/mol. The monoisotopic (exact) mass is 274 g/mol. The van der Waals surface area contributed by atoms with E-state index in [9.17, 15) is 0 Å². The fraction of sp³-hybridized carbons (Fsp3) is 0.467. The molecule has 0 aliphatic heterocycles. The van der Waals surface area contributed by atoms with E-state index in [1.165, 1.54) is 16.7 Å². The number of nitrogens with zero attached hydrogens (tertiary/aromatic N) is 2. The quantitative estimate of drug-likeness (QED) is 0.792. The first kappa shape index (κ1) is 14.5. The van der Waals surface area contributed by atoms with Crippen molar-refractivity contribution in [1.29, 1.82) is 0 Å². The summed E-state index contributed by atoms with van der Waals surface area (Å²) in [4.78, 5) is 0. The van der Waals surface area contributed by atoms with Crippen molar-refractivity contribution in [2.45, 2.75) is 40.7 Å². The zero-order chi connectivity index (χ0) is 14.5. The second kappa shape index (κ2) is 6.52. The summed E-state index contributed by atoms with van der Waals surface area (Å²) < 4.78 is 5.58. The molecule has 0 radical (unpaired) electrons. The van der Waals surface area contributed by atoms with Crippen LogP contribution in [-0.2, 0) is 6.54 Å². The van der Waals surface area contributed by atoms with Crippen LogP contribution in [0.2, 0.25) is 0 Å². The summed E-state index contributed by atoms with van der Waals surface area (Å²) in [6.07, 6.45) is 1.08. The molecule has 1 heterocycles. The van der Waals surface area contributed by atoms with E-state index in [4.69, 9.17) is 4.42 Å². The molecular weight excluding hydrogens is 252 g/mol. The molecule has 5 nitrogen and oxygen atoms in total. The number of aromatic nitrogens is 2. The van der Waals surface area contributed by atoms with Gasteiger partial charge in [-0.15, -0.1) is 5.10 Å². The molecule has 1 aromatic heterocycles. The van der Waals surface area contributed by atoms with Gasteiger partial charge in [-0.2, -0.15) is 0 Å². The Morgan fingerprint density at radius 3 is 2.45 bits per heavy atom. The standard InChI is InChI=1S/C15H22N4O/c1-5-6-16-9-13-18-19-15(20-13)17-14-11(3)7-10(2)8-12(14)4/h7-8,16H,5-6,9H2,1-4H3,(H,17,19). The minimum absolute atomic E-state index is 0.438. The maximum absolute atomic E-state index is 5.58. The Labute approximate surface area is 119 Å². The van der Waals surface area contributed by atoms with Gasteiger partial charge >= 0.3 is 6.01 Å². The molecule has 0 amide bonds. The Bertz CT molecular complexity index is 554. The number of anilines is 2. The van der Waals surface area contributed by atoms with Gasteiger partial charge in [0, 0.05) is 5.69 Å². The molecule has 2 rings (SSSR count). The minimum atomic E-state index is 0.438. The predicted octanol–water partition coefficient (Wildman–Crippen LogP) is 3.24. The van der Waals surface area contributed by atoms with Crippen LogP contribution in [0.5, 0.6) is 0 Å². The van der Waals surface area contributed by atoms with Gasteiger partial charge in [-0.25, -0.2) is 0 Å². The van der Waals surface area contributed by atoms with Gasteiger partial charge < -0.3 is 15.1 Å². The second-order valence-corrected chi connectivity index (χ2v) is 5.08. The number of aryl methyl sites for hydroxylation is 3. The van der Waals surface area contributed by atoms with Gasteiger partial charge in [-0.05, 0) is 44.9 Å². The molecule has 5 heteroatoms. The summed E-state index contributed by atoms with van der Waals surface area (Å²) in [5, 5.41) is 14.5. The van der Waals surface area contributed by atoms with E-state index in [2.05, 4.69) is 60.7 Å². The summed E-state index contributed by atoms with van der Waals surface area (Å²) in [5.41, 5.74) is 4.63. The smallest absolute Gasteiger partial charge is 0.320 e. The Morgan fingerprint density at radius 1 is 1.10 bits per heavy atom. The largest absolute Gasteiger partial charge is 0.406 e. The molecule has 0 aliphatic rings. The zero-order valence-corrected chi connectivity index (χ0v) is 12.6. The predicted molar refractivity (Wildman–Crippen MR) is 80.2 cm³/mol. The van der Waals surface area contributed by atoms with Crippen LogP contribution < -0.4 is 10.6 Å². The maximum Gasteiger partial charge on any atom is 0.320 e. The highest BCUT2D eigenvalue weighted by molar-refractivity contribution is 5.62. The molecule has 2 N–H and O–H groups in total. The Morgan fingerprint density at radius 2 is 1.80 bits per heavy atom. The summed E-state index contributed by atoms with van der Waals surface area (Å²) in [6, 6.07) is 4.71. The molecule has 0 atom stereocenters. The SMILES string of the molecule is CCCNCc1nnc(Nc2c(C)cc(C)cc2C)o1. The Balaban J connectivity index is 2.07. The number of rotatable bonds is 6. The molecule has 20 heavy (non-hydrogen) atoms. The second-order valence-electron chi connectivity index (χ2n) is 5.08. The van der Waals surface area contributed by atoms with Gasteiger partial charge in [0.25, 0.3) is 0 Å². The van der Waals surface area contributed by atoms with Gasteiger partial charge in [0.15, 0.2) is 0 Å². The van der Waals surface area contributed by atoms with Crippen molar-refractivity contribution in [3.8, 4) is 0 Å². The fourth-order valence-corrected chi connectivity index (χ4v) is 2.23. The average Bonchev–Trinajstić information content (AvgIpc) is 2.82. The van der Waals surface area contributed by atoms with Crippen molar-refractivity contribution in [2.75, 3.05) is 11.9 Å². The third-order valence-corrected chi connectivity index (χ3v) is 3.08. The van der Waals surface area contributed by atoms with Crippen LogP contribution in [0, 0.1) is 20.8 Å². The number of benzene rings is 1. The summed E-state index contributed by atoms with van der Waals surface area (Å²) in [7, 11) is 0. The lowest BCUT2D eigenvalue weighted by Gasteiger charge is -2.10. The molecule has 0 fully saturated rings. The van der Waals surface area contributed by atoms with Gasteiger partial charge in [0.2, 0.25) is 5.89 Å². The van der Waals surface area contributed by atoms with Gasteiger partial charge in [0.1, 0.15) is 0 Å². The normalized spacial score (nSPS) is 10.8. The first-order valence-corrected chi connectivity index (χ1v) is 6.98. The molecule has 0 unspecified atom stereocenters. The van der Waals surface area contributed by atoms with Crippen LogP contribution in [0.1, 0.15) is 35.9 Å². The summed E-state index contributed by atoms with van der Waals surface area (Å²) in [6.45, 7) is 9.91. The molecule has 0 saturated carbocycles. The molecule has 0 aliphatic carbocycles. The zero-order valence-electron chi connectivity index (χ0n) is 12.6. The van der Waals surface area contributed by atoms with Gasteiger partial charge in [-0.1, -0.05) is 29.7 Å². The van der Waals surface area contributed by atoms with Crippen LogP contribution in [0.4, 0.5) is 11.7 Å². The number of nitrogens with one attached hydrogen (secondary N) is 2. The fourth-order valence-electron chi connectivity index (χ4n) is 2.23. The summed E-state index contributed by atoms with van der Waals surface area (Å²) >= 11 is 0. The van der Waals surface area contributed by atoms with E-state index < -0.39 is 0 Å². The van der Waals surface area contributed by atoms with Crippen molar-refractivity contribution in [2.24, 2.45) is 0 Å². The topological polar surface area (TPSA) is 63.0 Å². The van der Waals surface area contributed by atoms with Crippen LogP contribution in [0.25, 0.3) is 0 Å². The van der Waals surface area contributed by atoms with Crippen LogP contribution in [0.15, 0.2) is 16.5 Å². The molecule has 0 saturated heterocycles. The van der Waals surface area contributed by atoms with Crippen molar-refractivity contribution in [3.63, 3.8) is 0 Å². The van der Waals surface area contributed by atoms with Gasteiger partial charge in [-0.3, -0.25) is 0 Å². The Hall–Kier alpha value is -1.88. The van der Waals surface area contributed by atoms with E-state index in [0.29, 0.717) is 18.5 Å². The third kappa shape index (κ3) is 3.57. The molecule has 108 valence electrons. The maximum atomic E-state index is 5.58. The molecular formula is C15H22N4O. The van der Waals surface area contributed by atoms with Crippen molar-refractivity contribution in [3.05, 3.63) is 34.7 Å². The van der Waals surface area contributed by atoms with Gasteiger partial charge in [0.05, 0.1) is 6.54 Å². The van der Waals surface area contributed by atoms with E-state index in [-0.39, 0.29) is 0 Å². The minimum Gasteiger partial charge on any atom is -0.406 e. The lowest BCUT2D eigenvalue weighted by Crippen LogP contribution is -2.13. The highest BCUT2D eigenvalue weighted by Crippen LogP contribution is 2.25. The lowest BCUT2D eigenvalue weighted by atomic mass is 10.1. The number of hydrogen-bond acceptors (Lipinski definition) is 5. The van der Waals surface area contributed by atoms with E-state index in [1.807, 2.05) is 0 Å². The van der Waals surface area contributed by atoms with Crippen molar-refractivity contribution >= 4 is 11.7 Å². The summed E-state index contributed by atoms with van der Waals surface area (Å²) in [5.74, 6) is 0.600. The molecule has 0 spiro atoms. The van der Waals surface area contributed by atoms with Crippen LogP contribution in [0.3, 0.4) is 0 Å².